The van der Waals surface area contributed by atoms with Crippen molar-refractivity contribution in [2.24, 2.45) is 0 Å². The van der Waals surface area contributed by atoms with E-state index in [1.54, 1.807) is 13.2 Å². The second-order valence-electron chi connectivity index (χ2n) is 3.53. The smallest absolute Gasteiger partial charge is 0.258 e. The molecule has 0 fully saturated rings. The lowest BCUT2D eigenvalue weighted by atomic mass is 10.2. The summed E-state index contributed by atoms with van der Waals surface area (Å²) < 4.78 is 11.0. The molecule has 5 nitrogen and oxygen atoms in total. The van der Waals surface area contributed by atoms with Crippen LogP contribution < -0.4 is 5.73 Å². The summed E-state index contributed by atoms with van der Waals surface area (Å²) in [6, 6.07) is 5.48. The van der Waals surface area contributed by atoms with Gasteiger partial charge in [0.05, 0.1) is 6.61 Å². The van der Waals surface area contributed by atoms with E-state index in [4.69, 9.17) is 15.0 Å². The number of nitrogen functional groups attached to an aromatic ring is 1. The fraction of sp³-hybridized carbons (Fsp3) is 0.273. The molecule has 0 bridgehead atoms. The highest BCUT2D eigenvalue weighted by Gasteiger charge is 2.09. The Morgan fingerprint density at radius 2 is 2.24 bits per heavy atom. The Labute approximate surface area is 107 Å². The average Bonchev–Trinajstić information content (AvgIpc) is 2.73. The highest BCUT2D eigenvalue weighted by atomic mass is 79.9. The quantitative estimate of drug-likeness (QED) is 0.876. The van der Waals surface area contributed by atoms with Gasteiger partial charge in [0, 0.05) is 29.3 Å². The molecule has 0 spiro atoms. The summed E-state index contributed by atoms with van der Waals surface area (Å²) in [7, 11) is 1.63. The van der Waals surface area contributed by atoms with Crippen molar-refractivity contribution in [1.82, 2.24) is 10.1 Å². The number of methoxy groups -OCH3 is 1. The fourth-order valence-corrected chi connectivity index (χ4v) is 1.91. The predicted octanol–water partition coefficient (Wildman–Crippen LogP) is 2.27. The van der Waals surface area contributed by atoms with Gasteiger partial charge in [0.25, 0.3) is 5.89 Å². The van der Waals surface area contributed by atoms with E-state index in [0.29, 0.717) is 30.4 Å². The molecule has 17 heavy (non-hydrogen) atoms. The number of nitrogens with zero attached hydrogens (tertiary/aromatic N) is 2. The minimum absolute atomic E-state index is 0.462. The standard InChI is InChI=1S/C11H12BrN3O2/c1-16-3-2-10-14-11(17-15-10)7-4-8(12)6-9(13)5-7/h4-6H,2-3,13H2,1H3. The highest BCUT2D eigenvalue weighted by molar-refractivity contribution is 9.10. The van der Waals surface area contributed by atoms with Crippen LogP contribution in [0.3, 0.4) is 0 Å². The summed E-state index contributed by atoms with van der Waals surface area (Å²) in [5.41, 5.74) is 7.19. The Hall–Kier alpha value is -1.40. The molecule has 2 rings (SSSR count). The molecular weight excluding hydrogens is 286 g/mol. The molecule has 0 radical (unpaired) electrons. The summed E-state index contributed by atoms with van der Waals surface area (Å²) in [6.45, 7) is 0.569. The van der Waals surface area contributed by atoms with Gasteiger partial charge in [0.2, 0.25) is 0 Å². The number of rotatable bonds is 4. The van der Waals surface area contributed by atoms with E-state index in [9.17, 15) is 0 Å². The summed E-state index contributed by atoms with van der Waals surface area (Å²) >= 11 is 3.37. The first kappa shape index (κ1) is 12.1. The Kier molecular flexibility index (Phi) is 3.75. The molecule has 2 aromatic rings. The normalized spacial score (nSPS) is 10.7. The molecule has 0 aliphatic heterocycles. The number of nitrogens with two attached hydrogens (primary N) is 1. The SMILES string of the molecule is COCCc1noc(-c2cc(N)cc(Br)c2)n1. The van der Waals surface area contributed by atoms with Crippen molar-refractivity contribution in [3.8, 4) is 11.5 Å². The van der Waals surface area contributed by atoms with E-state index in [1.807, 2.05) is 12.1 Å². The monoisotopic (exact) mass is 297 g/mol. The first-order valence-electron chi connectivity index (χ1n) is 5.07. The molecule has 1 aromatic carbocycles. The third kappa shape index (κ3) is 3.04. The zero-order valence-electron chi connectivity index (χ0n) is 9.31. The van der Waals surface area contributed by atoms with Crippen molar-refractivity contribution in [3.63, 3.8) is 0 Å². The van der Waals surface area contributed by atoms with Crippen molar-refractivity contribution in [2.75, 3.05) is 19.5 Å². The van der Waals surface area contributed by atoms with Crippen LogP contribution >= 0.6 is 15.9 Å². The molecule has 6 heteroatoms. The van der Waals surface area contributed by atoms with Gasteiger partial charge in [0.1, 0.15) is 0 Å². The molecule has 0 aliphatic rings. The maximum atomic E-state index is 5.74. The third-order valence-corrected chi connectivity index (χ3v) is 2.62. The molecule has 0 aliphatic carbocycles. The molecule has 0 unspecified atom stereocenters. The number of aromatic nitrogens is 2. The van der Waals surface area contributed by atoms with Crippen LogP contribution in [0, 0.1) is 0 Å². The number of hydrogen-bond donors (Lipinski definition) is 1. The fourth-order valence-electron chi connectivity index (χ4n) is 1.40. The van der Waals surface area contributed by atoms with Gasteiger partial charge in [-0.1, -0.05) is 21.1 Å². The molecule has 0 saturated heterocycles. The summed E-state index contributed by atoms with van der Waals surface area (Å²) in [5, 5.41) is 3.87. The van der Waals surface area contributed by atoms with E-state index in [2.05, 4.69) is 26.1 Å². The van der Waals surface area contributed by atoms with Crippen molar-refractivity contribution in [2.45, 2.75) is 6.42 Å². The van der Waals surface area contributed by atoms with Gasteiger partial charge in [-0.2, -0.15) is 4.98 Å². The largest absolute Gasteiger partial charge is 0.399 e. The Balaban J connectivity index is 2.24. The van der Waals surface area contributed by atoms with Gasteiger partial charge in [0.15, 0.2) is 5.82 Å². The lowest BCUT2D eigenvalue weighted by Gasteiger charge is -1.98. The van der Waals surface area contributed by atoms with Crippen LogP contribution in [0.4, 0.5) is 5.69 Å². The molecule has 1 aromatic heterocycles. The molecular formula is C11H12BrN3O2. The van der Waals surface area contributed by atoms with Crippen LogP contribution in [-0.4, -0.2) is 23.9 Å². The Bertz CT molecular complexity index is 493. The van der Waals surface area contributed by atoms with Crippen molar-refractivity contribution in [1.29, 1.82) is 0 Å². The topological polar surface area (TPSA) is 74.2 Å². The molecule has 90 valence electrons. The predicted molar refractivity (Wildman–Crippen MR) is 67.4 cm³/mol. The minimum Gasteiger partial charge on any atom is -0.399 e. The van der Waals surface area contributed by atoms with Crippen LogP contribution in [0.15, 0.2) is 27.2 Å². The zero-order chi connectivity index (χ0) is 12.3. The van der Waals surface area contributed by atoms with Gasteiger partial charge in [-0.15, -0.1) is 0 Å². The summed E-state index contributed by atoms with van der Waals surface area (Å²) in [5.74, 6) is 1.09. The molecule has 1 heterocycles. The van der Waals surface area contributed by atoms with E-state index in [1.165, 1.54) is 0 Å². The van der Waals surface area contributed by atoms with Crippen molar-refractivity contribution >= 4 is 21.6 Å². The zero-order valence-corrected chi connectivity index (χ0v) is 10.9. The van der Waals surface area contributed by atoms with Crippen LogP contribution in [-0.2, 0) is 11.2 Å². The van der Waals surface area contributed by atoms with Gasteiger partial charge in [-0.25, -0.2) is 0 Å². The number of halogens is 1. The number of hydrogen-bond acceptors (Lipinski definition) is 5. The maximum Gasteiger partial charge on any atom is 0.258 e. The second kappa shape index (κ2) is 5.29. The first-order valence-corrected chi connectivity index (χ1v) is 5.86. The van der Waals surface area contributed by atoms with Crippen LogP contribution in [0.5, 0.6) is 0 Å². The van der Waals surface area contributed by atoms with Crippen LogP contribution in [0.1, 0.15) is 5.82 Å². The van der Waals surface area contributed by atoms with E-state index < -0.39 is 0 Å². The summed E-state index contributed by atoms with van der Waals surface area (Å²) in [6.07, 6.45) is 0.628. The Morgan fingerprint density at radius 3 is 2.94 bits per heavy atom. The minimum atomic E-state index is 0.462. The van der Waals surface area contributed by atoms with Crippen LogP contribution in [0.2, 0.25) is 0 Å². The maximum absolute atomic E-state index is 5.74. The van der Waals surface area contributed by atoms with E-state index in [0.717, 1.165) is 10.0 Å². The lowest BCUT2D eigenvalue weighted by molar-refractivity contribution is 0.199. The number of anilines is 1. The van der Waals surface area contributed by atoms with Crippen molar-refractivity contribution in [3.05, 3.63) is 28.5 Å². The van der Waals surface area contributed by atoms with Crippen molar-refractivity contribution < 1.29 is 9.26 Å². The van der Waals surface area contributed by atoms with Gasteiger partial charge >= 0.3 is 0 Å². The van der Waals surface area contributed by atoms with Gasteiger partial charge in [-0.3, -0.25) is 0 Å². The molecule has 0 saturated carbocycles. The summed E-state index contributed by atoms with van der Waals surface area (Å²) in [4.78, 5) is 4.27. The van der Waals surface area contributed by atoms with Crippen LogP contribution in [0.25, 0.3) is 11.5 Å². The molecule has 0 atom stereocenters. The number of benzene rings is 1. The highest BCUT2D eigenvalue weighted by Crippen LogP contribution is 2.24. The Morgan fingerprint density at radius 1 is 1.41 bits per heavy atom. The number of ether oxygens (including phenoxy) is 1. The molecule has 2 N–H and O–H groups in total. The first-order chi connectivity index (χ1) is 8.19. The van der Waals surface area contributed by atoms with E-state index >= 15 is 0 Å². The van der Waals surface area contributed by atoms with E-state index in [-0.39, 0.29) is 0 Å². The lowest BCUT2D eigenvalue weighted by Crippen LogP contribution is -1.96. The molecule has 0 amide bonds. The third-order valence-electron chi connectivity index (χ3n) is 2.16. The van der Waals surface area contributed by atoms with Gasteiger partial charge in [-0.05, 0) is 18.2 Å². The second-order valence-corrected chi connectivity index (χ2v) is 4.45. The van der Waals surface area contributed by atoms with Gasteiger partial charge < -0.3 is 15.0 Å². The average molecular weight is 298 g/mol.